The standard InChI is InChI=1S/C17H21N3O/c1-21-16-9-7-15(8-10-16)13-20-17(18)19-12-11-14-5-3-2-4-6-14/h2-10H,11-13H2,1H3,(H3,18,19,20). The van der Waals surface area contributed by atoms with Crippen molar-refractivity contribution in [3.05, 3.63) is 65.7 Å². The van der Waals surface area contributed by atoms with E-state index in [-0.39, 0.29) is 0 Å². The van der Waals surface area contributed by atoms with E-state index < -0.39 is 0 Å². The first kappa shape index (κ1) is 14.9. The fourth-order valence-electron chi connectivity index (χ4n) is 1.94. The first-order valence-electron chi connectivity index (χ1n) is 6.98. The summed E-state index contributed by atoms with van der Waals surface area (Å²) in [5.41, 5.74) is 8.24. The van der Waals surface area contributed by atoms with Crippen LogP contribution in [-0.2, 0) is 13.0 Å². The SMILES string of the molecule is COc1ccc(CN=C(N)NCCc2ccccc2)cc1. The summed E-state index contributed by atoms with van der Waals surface area (Å²) in [6, 6.07) is 18.1. The second kappa shape index (κ2) is 7.94. The molecule has 0 amide bonds. The lowest BCUT2D eigenvalue weighted by Crippen LogP contribution is -2.33. The third-order valence-electron chi connectivity index (χ3n) is 3.15. The molecule has 0 spiro atoms. The Morgan fingerprint density at radius 2 is 1.76 bits per heavy atom. The minimum Gasteiger partial charge on any atom is -0.497 e. The Labute approximate surface area is 125 Å². The molecule has 2 rings (SSSR count). The predicted molar refractivity (Wildman–Crippen MR) is 86.5 cm³/mol. The first-order chi connectivity index (χ1) is 10.3. The largest absolute Gasteiger partial charge is 0.497 e. The molecule has 4 heteroatoms. The number of nitrogens with zero attached hydrogens (tertiary/aromatic N) is 1. The van der Waals surface area contributed by atoms with Crippen LogP contribution in [0.25, 0.3) is 0 Å². The van der Waals surface area contributed by atoms with E-state index in [0.29, 0.717) is 12.5 Å². The average Bonchev–Trinajstić information content (AvgIpc) is 2.54. The molecule has 0 aliphatic heterocycles. The van der Waals surface area contributed by atoms with Crippen molar-refractivity contribution < 1.29 is 4.74 Å². The molecule has 0 heterocycles. The third kappa shape index (κ3) is 5.18. The van der Waals surface area contributed by atoms with Gasteiger partial charge < -0.3 is 15.8 Å². The van der Waals surface area contributed by atoms with Crippen LogP contribution in [0.15, 0.2) is 59.6 Å². The molecular weight excluding hydrogens is 262 g/mol. The summed E-state index contributed by atoms with van der Waals surface area (Å²) in [5, 5.41) is 3.13. The molecule has 0 saturated heterocycles. The van der Waals surface area contributed by atoms with Gasteiger partial charge >= 0.3 is 0 Å². The van der Waals surface area contributed by atoms with Crippen molar-refractivity contribution in [2.24, 2.45) is 10.7 Å². The van der Waals surface area contributed by atoms with Gasteiger partial charge in [0.2, 0.25) is 0 Å². The van der Waals surface area contributed by atoms with Crippen LogP contribution in [0.3, 0.4) is 0 Å². The lowest BCUT2D eigenvalue weighted by Gasteiger charge is -2.06. The van der Waals surface area contributed by atoms with E-state index in [1.165, 1.54) is 5.56 Å². The fraction of sp³-hybridized carbons (Fsp3) is 0.235. The smallest absolute Gasteiger partial charge is 0.188 e. The van der Waals surface area contributed by atoms with Crippen LogP contribution in [0.1, 0.15) is 11.1 Å². The van der Waals surface area contributed by atoms with Gasteiger partial charge in [-0.15, -0.1) is 0 Å². The summed E-state index contributed by atoms with van der Waals surface area (Å²) in [6.07, 6.45) is 0.930. The maximum absolute atomic E-state index is 5.86. The Bertz CT molecular complexity index is 564. The van der Waals surface area contributed by atoms with Crippen LogP contribution in [0, 0.1) is 0 Å². The van der Waals surface area contributed by atoms with Crippen LogP contribution < -0.4 is 15.8 Å². The number of rotatable bonds is 6. The van der Waals surface area contributed by atoms with Crippen LogP contribution >= 0.6 is 0 Å². The van der Waals surface area contributed by atoms with Gasteiger partial charge in [-0.05, 0) is 29.7 Å². The highest BCUT2D eigenvalue weighted by molar-refractivity contribution is 5.77. The Hall–Kier alpha value is -2.49. The van der Waals surface area contributed by atoms with Gasteiger partial charge in [0.05, 0.1) is 13.7 Å². The summed E-state index contributed by atoms with van der Waals surface area (Å²) in [7, 11) is 1.65. The number of methoxy groups -OCH3 is 1. The third-order valence-corrected chi connectivity index (χ3v) is 3.15. The number of aliphatic imine (C=N–C) groups is 1. The minimum atomic E-state index is 0.474. The average molecular weight is 283 g/mol. The molecular formula is C17H21N3O. The number of nitrogens with two attached hydrogens (primary N) is 1. The summed E-state index contributed by atoms with van der Waals surface area (Å²) >= 11 is 0. The van der Waals surface area contributed by atoms with Gasteiger partial charge in [0.25, 0.3) is 0 Å². The van der Waals surface area contributed by atoms with Gasteiger partial charge in [0, 0.05) is 6.54 Å². The molecule has 0 aliphatic rings. The van der Waals surface area contributed by atoms with Crippen LogP contribution in [-0.4, -0.2) is 19.6 Å². The topological polar surface area (TPSA) is 59.6 Å². The van der Waals surface area contributed by atoms with Crippen LogP contribution in [0.4, 0.5) is 0 Å². The maximum atomic E-state index is 5.86. The quantitative estimate of drug-likeness (QED) is 0.632. The molecule has 2 aromatic carbocycles. The van der Waals surface area contributed by atoms with Crippen molar-refractivity contribution in [1.82, 2.24) is 5.32 Å². The van der Waals surface area contributed by atoms with E-state index in [0.717, 1.165) is 24.3 Å². The molecule has 110 valence electrons. The van der Waals surface area contributed by atoms with Crippen LogP contribution in [0.2, 0.25) is 0 Å². The molecule has 0 aliphatic carbocycles. The Morgan fingerprint density at radius 3 is 2.43 bits per heavy atom. The Kier molecular flexibility index (Phi) is 5.64. The van der Waals surface area contributed by atoms with E-state index in [1.807, 2.05) is 42.5 Å². The lowest BCUT2D eigenvalue weighted by atomic mass is 10.1. The first-order valence-corrected chi connectivity index (χ1v) is 6.98. The number of ether oxygens (including phenoxy) is 1. The van der Waals surface area contributed by atoms with E-state index in [2.05, 4.69) is 22.4 Å². The lowest BCUT2D eigenvalue weighted by molar-refractivity contribution is 0.414. The summed E-state index contributed by atoms with van der Waals surface area (Å²) < 4.78 is 5.12. The highest BCUT2D eigenvalue weighted by atomic mass is 16.5. The zero-order chi connectivity index (χ0) is 14.9. The number of guanidine groups is 1. The zero-order valence-corrected chi connectivity index (χ0v) is 12.3. The van der Waals surface area contributed by atoms with Gasteiger partial charge in [0.15, 0.2) is 5.96 Å². The van der Waals surface area contributed by atoms with Crippen molar-refractivity contribution in [3.63, 3.8) is 0 Å². The monoisotopic (exact) mass is 283 g/mol. The molecule has 0 radical (unpaired) electrons. The second-order valence-electron chi connectivity index (χ2n) is 4.71. The van der Waals surface area contributed by atoms with Gasteiger partial charge in [-0.3, -0.25) is 0 Å². The second-order valence-corrected chi connectivity index (χ2v) is 4.71. The molecule has 0 bridgehead atoms. The highest BCUT2D eigenvalue weighted by Crippen LogP contribution is 2.11. The Balaban J connectivity index is 1.75. The zero-order valence-electron chi connectivity index (χ0n) is 12.3. The van der Waals surface area contributed by atoms with Crippen molar-refractivity contribution in [2.75, 3.05) is 13.7 Å². The molecule has 0 saturated carbocycles. The molecule has 3 N–H and O–H groups in total. The summed E-state index contributed by atoms with van der Waals surface area (Å²) in [6.45, 7) is 1.34. The highest BCUT2D eigenvalue weighted by Gasteiger charge is 1.96. The summed E-state index contributed by atoms with van der Waals surface area (Å²) in [4.78, 5) is 4.32. The van der Waals surface area contributed by atoms with E-state index >= 15 is 0 Å². The molecule has 0 atom stereocenters. The molecule has 4 nitrogen and oxygen atoms in total. The predicted octanol–water partition coefficient (Wildman–Crippen LogP) is 2.34. The summed E-state index contributed by atoms with van der Waals surface area (Å²) in [5.74, 6) is 1.32. The van der Waals surface area contributed by atoms with Gasteiger partial charge in [-0.25, -0.2) is 4.99 Å². The molecule has 2 aromatic rings. The molecule has 21 heavy (non-hydrogen) atoms. The van der Waals surface area contributed by atoms with E-state index in [4.69, 9.17) is 10.5 Å². The molecule has 0 fully saturated rings. The maximum Gasteiger partial charge on any atom is 0.188 e. The number of nitrogens with one attached hydrogen (secondary N) is 1. The van der Waals surface area contributed by atoms with Gasteiger partial charge in [-0.2, -0.15) is 0 Å². The number of hydrogen-bond donors (Lipinski definition) is 2. The normalized spacial score (nSPS) is 11.2. The number of hydrogen-bond acceptors (Lipinski definition) is 2. The molecule has 0 aromatic heterocycles. The van der Waals surface area contributed by atoms with Gasteiger partial charge in [0.1, 0.15) is 5.75 Å². The van der Waals surface area contributed by atoms with Crippen molar-refractivity contribution in [3.8, 4) is 5.75 Å². The van der Waals surface area contributed by atoms with Crippen molar-refractivity contribution >= 4 is 5.96 Å². The minimum absolute atomic E-state index is 0.474. The van der Waals surface area contributed by atoms with Crippen molar-refractivity contribution in [1.29, 1.82) is 0 Å². The van der Waals surface area contributed by atoms with E-state index in [9.17, 15) is 0 Å². The fourth-order valence-corrected chi connectivity index (χ4v) is 1.94. The van der Waals surface area contributed by atoms with E-state index in [1.54, 1.807) is 7.11 Å². The van der Waals surface area contributed by atoms with Crippen LogP contribution in [0.5, 0.6) is 5.75 Å². The molecule has 0 unspecified atom stereocenters. The number of benzene rings is 2. The van der Waals surface area contributed by atoms with Crippen molar-refractivity contribution in [2.45, 2.75) is 13.0 Å². The van der Waals surface area contributed by atoms with Gasteiger partial charge in [-0.1, -0.05) is 42.5 Å². The Morgan fingerprint density at radius 1 is 1.05 bits per heavy atom.